The monoisotopic (exact) mass is 245 g/mol. The zero-order valence-corrected chi connectivity index (χ0v) is 9.71. The minimum Gasteiger partial charge on any atom is -0.506 e. The maximum atomic E-state index is 11.9. The van der Waals surface area contributed by atoms with E-state index in [1.165, 1.54) is 18.3 Å². The molecule has 1 N–H and O–H groups in total. The molecule has 0 saturated heterocycles. The first-order valence-corrected chi connectivity index (χ1v) is 5.43. The van der Waals surface area contributed by atoms with Gasteiger partial charge in [-0.25, -0.2) is 4.79 Å². The van der Waals surface area contributed by atoms with E-state index in [0.29, 0.717) is 5.39 Å². The number of ether oxygens (including phenoxy) is 1. The van der Waals surface area contributed by atoms with Gasteiger partial charge in [-0.2, -0.15) is 0 Å². The molecule has 92 valence electrons. The van der Waals surface area contributed by atoms with Gasteiger partial charge in [-0.3, -0.25) is 9.78 Å². The van der Waals surface area contributed by atoms with Crippen molar-refractivity contribution in [3.8, 4) is 5.75 Å². The minimum atomic E-state index is -0.909. The van der Waals surface area contributed by atoms with Crippen molar-refractivity contribution >= 4 is 22.7 Å². The van der Waals surface area contributed by atoms with Crippen LogP contribution in [0.1, 0.15) is 17.3 Å². The zero-order chi connectivity index (χ0) is 13.1. The molecule has 0 atom stereocenters. The lowest BCUT2D eigenvalue weighted by atomic mass is 10.0. The van der Waals surface area contributed by atoms with Gasteiger partial charge in [0.15, 0.2) is 0 Å². The Morgan fingerprint density at radius 3 is 2.83 bits per heavy atom. The highest BCUT2D eigenvalue weighted by Gasteiger charge is 2.20. The molecule has 1 aromatic carbocycles. The quantitative estimate of drug-likeness (QED) is 0.506. The third kappa shape index (κ3) is 2.02. The van der Waals surface area contributed by atoms with E-state index < -0.39 is 11.8 Å². The first kappa shape index (κ1) is 12.0. The van der Waals surface area contributed by atoms with Gasteiger partial charge in [0.25, 0.3) is 5.78 Å². The second kappa shape index (κ2) is 4.83. The van der Waals surface area contributed by atoms with Gasteiger partial charge in [0, 0.05) is 17.1 Å². The highest BCUT2D eigenvalue weighted by molar-refractivity contribution is 6.43. The van der Waals surface area contributed by atoms with Crippen LogP contribution in [0.15, 0.2) is 30.5 Å². The Morgan fingerprint density at radius 2 is 2.11 bits per heavy atom. The number of fused-ring (bicyclic) bond motifs is 1. The Labute approximate surface area is 103 Å². The lowest BCUT2D eigenvalue weighted by Crippen LogP contribution is -2.17. The summed E-state index contributed by atoms with van der Waals surface area (Å²) in [6.07, 6.45) is 1.50. The predicted molar refractivity (Wildman–Crippen MR) is 64.4 cm³/mol. The van der Waals surface area contributed by atoms with Gasteiger partial charge < -0.3 is 9.84 Å². The fraction of sp³-hybridized carbons (Fsp3) is 0.154. The second-order valence-corrected chi connectivity index (χ2v) is 3.58. The van der Waals surface area contributed by atoms with Gasteiger partial charge in [0.2, 0.25) is 0 Å². The van der Waals surface area contributed by atoms with Gasteiger partial charge in [0.1, 0.15) is 11.3 Å². The molecule has 0 amide bonds. The lowest BCUT2D eigenvalue weighted by molar-refractivity contribution is -0.137. The molecule has 0 aliphatic rings. The van der Waals surface area contributed by atoms with E-state index in [-0.39, 0.29) is 23.4 Å². The second-order valence-electron chi connectivity index (χ2n) is 3.58. The predicted octanol–water partition coefficient (Wildman–Crippen LogP) is 1.69. The summed E-state index contributed by atoms with van der Waals surface area (Å²) in [4.78, 5) is 27.3. The molecular weight excluding hydrogens is 234 g/mol. The normalized spacial score (nSPS) is 10.3. The Bertz CT molecular complexity index is 621. The number of hydrogen-bond acceptors (Lipinski definition) is 5. The average molecular weight is 245 g/mol. The van der Waals surface area contributed by atoms with Gasteiger partial charge in [0.05, 0.1) is 6.61 Å². The van der Waals surface area contributed by atoms with Crippen molar-refractivity contribution in [2.45, 2.75) is 6.92 Å². The van der Waals surface area contributed by atoms with E-state index >= 15 is 0 Å². The van der Waals surface area contributed by atoms with Crippen LogP contribution in [-0.2, 0) is 9.53 Å². The van der Waals surface area contributed by atoms with Crippen molar-refractivity contribution in [2.24, 2.45) is 0 Å². The van der Waals surface area contributed by atoms with Crippen molar-refractivity contribution in [3.63, 3.8) is 0 Å². The Hall–Kier alpha value is -2.43. The van der Waals surface area contributed by atoms with E-state index in [9.17, 15) is 14.7 Å². The molecule has 0 unspecified atom stereocenters. The SMILES string of the molecule is CCOC(=O)C(=O)c1ccc(O)c2ncccc12. The highest BCUT2D eigenvalue weighted by atomic mass is 16.5. The summed E-state index contributed by atoms with van der Waals surface area (Å²) >= 11 is 0. The molecule has 0 aliphatic heterocycles. The number of nitrogens with zero attached hydrogens (tertiary/aromatic N) is 1. The fourth-order valence-electron chi connectivity index (χ4n) is 1.66. The van der Waals surface area contributed by atoms with Crippen molar-refractivity contribution in [3.05, 3.63) is 36.0 Å². The van der Waals surface area contributed by atoms with Crippen molar-refractivity contribution in [2.75, 3.05) is 6.61 Å². The molecule has 0 saturated carbocycles. The van der Waals surface area contributed by atoms with Crippen molar-refractivity contribution < 1.29 is 19.4 Å². The standard InChI is InChI=1S/C13H11NO4/c1-2-18-13(17)12(16)9-5-6-10(15)11-8(9)4-3-7-14-11/h3-7,15H,2H2,1H3. The first-order chi connectivity index (χ1) is 8.65. The zero-order valence-electron chi connectivity index (χ0n) is 9.71. The van der Waals surface area contributed by atoms with Crippen LogP contribution >= 0.6 is 0 Å². The number of esters is 1. The number of aromatic hydroxyl groups is 1. The molecule has 0 spiro atoms. The van der Waals surface area contributed by atoms with Crippen LogP contribution in [-0.4, -0.2) is 28.4 Å². The molecule has 0 aliphatic carbocycles. The van der Waals surface area contributed by atoms with Gasteiger partial charge >= 0.3 is 5.97 Å². The molecule has 2 aromatic rings. The summed E-state index contributed by atoms with van der Waals surface area (Å²) < 4.78 is 4.67. The third-order valence-corrected chi connectivity index (χ3v) is 2.45. The van der Waals surface area contributed by atoms with Crippen molar-refractivity contribution in [1.82, 2.24) is 4.98 Å². The van der Waals surface area contributed by atoms with Crippen LogP contribution in [0, 0.1) is 0 Å². The number of benzene rings is 1. The summed E-state index contributed by atoms with van der Waals surface area (Å²) in [5, 5.41) is 10.1. The number of rotatable bonds is 3. The number of ketones is 1. The molecule has 5 heteroatoms. The Balaban J connectivity index is 2.55. The maximum absolute atomic E-state index is 11.9. The summed E-state index contributed by atoms with van der Waals surface area (Å²) in [6.45, 7) is 1.76. The largest absolute Gasteiger partial charge is 0.506 e. The molecule has 0 bridgehead atoms. The number of Topliss-reactive ketones (excluding diaryl/α,β-unsaturated/α-hetero) is 1. The van der Waals surface area contributed by atoms with Crippen LogP contribution < -0.4 is 0 Å². The van der Waals surface area contributed by atoms with Gasteiger partial charge in [-0.05, 0) is 25.1 Å². The molecule has 1 heterocycles. The van der Waals surface area contributed by atoms with Crippen LogP contribution in [0.4, 0.5) is 0 Å². The number of carbonyl (C=O) groups is 2. The van der Waals surface area contributed by atoms with Crippen LogP contribution in [0.2, 0.25) is 0 Å². The van der Waals surface area contributed by atoms with Gasteiger partial charge in [-0.1, -0.05) is 6.07 Å². The van der Waals surface area contributed by atoms with Crippen molar-refractivity contribution in [1.29, 1.82) is 0 Å². The summed E-state index contributed by atoms with van der Waals surface area (Å²) in [5.41, 5.74) is 0.460. The lowest BCUT2D eigenvalue weighted by Gasteiger charge is -2.06. The summed E-state index contributed by atoms with van der Waals surface area (Å²) in [6, 6.07) is 5.97. The number of phenolic OH excluding ortho intramolecular Hbond substituents is 1. The van der Waals surface area contributed by atoms with E-state index in [4.69, 9.17) is 0 Å². The van der Waals surface area contributed by atoms with E-state index in [1.807, 2.05) is 0 Å². The topological polar surface area (TPSA) is 76.5 Å². The molecule has 1 aromatic heterocycles. The van der Waals surface area contributed by atoms with E-state index in [1.54, 1.807) is 19.1 Å². The number of phenols is 1. The molecule has 2 rings (SSSR count). The minimum absolute atomic E-state index is 0.0361. The van der Waals surface area contributed by atoms with Gasteiger partial charge in [-0.15, -0.1) is 0 Å². The maximum Gasteiger partial charge on any atom is 0.379 e. The number of carbonyl (C=O) groups excluding carboxylic acids is 2. The number of aromatic nitrogens is 1. The number of pyridine rings is 1. The smallest absolute Gasteiger partial charge is 0.379 e. The van der Waals surface area contributed by atoms with Crippen LogP contribution in [0.3, 0.4) is 0 Å². The van der Waals surface area contributed by atoms with Crippen LogP contribution in [0.5, 0.6) is 5.75 Å². The summed E-state index contributed by atoms with van der Waals surface area (Å²) in [5.74, 6) is -1.69. The first-order valence-electron chi connectivity index (χ1n) is 5.43. The summed E-state index contributed by atoms with van der Waals surface area (Å²) in [7, 11) is 0. The highest BCUT2D eigenvalue weighted by Crippen LogP contribution is 2.25. The molecular formula is C13H11NO4. The number of hydrogen-bond donors (Lipinski definition) is 1. The average Bonchev–Trinajstić information content (AvgIpc) is 2.39. The fourth-order valence-corrected chi connectivity index (χ4v) is 1.66. The molecule has 18 heavy (non-hydrogen) atoms. The molecule has 0 radical (unpaired) electrons. The Kier molecular flexibility index (Phi) is 3.23. The third-order valence-electron chi connectivity index (χ3n) is 2.45. The van der Waals surface area contributed by atoms with E-state index in [2.05, 4.69) is 9.72 Å². The molecule has 0 fully saturated rings. The Morgan fingerprint density at radius 1 is 1.33 bits per heavy atom. The van der Waals surface area contributed by atoms with E-state index in [0.717, 1.165) is 0 Å². The molecule has 5 nitrogen and oxygen atoms in total. The van der Waals surface area contributed by atoms with Crippen LogP contribution in [0.25, 0.3) is 10.9 Å².